The van der Waals surface area contributed by atoms with Crippen molar-refractivity contribution in [2.75, 3.05) is 32.5 Å². The van der Waals surface area contributed by atoms with Gasteiger partial charge >= 0.3 is 0 Å². The van der Waals surface area contributed by atoms with Crippen molar-refractivity contribution in [2.45, 2.75) is 17.7 Å². The van der Waals surface area contributed by atoms with Crippen LogP contribution in [-0.2, 0) is 10.0 Å². The molecule has 19 heavy (non-hydrogen) atoms. The highest BCUT2D eigenvalue weighted by Gasteiger charge is 2.42. The smallest absolute Gasteiger partial charge is 0.241 e. The fourth-order valence-corrected chi connectivity index (χ4v) is 2.93. The first kappa shape index (κ1) is 14.2. The molecule has 0 aliphatic heterocycles. The fourth-order valence-electron chi connectivity index (χ4n) is 2.27. The zero-order chi connectivity index (χ0) is 14.1. The third-order valence-corrected chi connectivity index (χ3v) is 4.29. The Bertz CT molecular complexity index is 553. The van der Waals surface area contributed by atoms with Crippen LogP contribution >= 0.6 is 0 Å². The topological polar surface area (TPSA) is 88.3 Å². The Morgan fingerprint density at radius 3 is 2.68 bits per heavy atom. The lowest BCUT2D eigenvalue weighted by molar-refractivity contribution is 0.318. The molecule has 0 radical (unpaired) electrons. The molecule has 0 bridgehead atoms. The Hall–Kier alpha value is -1.18. The molecule has 0 amide bonds. The Kier molecular flexibility index (Phi) is 3.80. The van der Waals surface area contributed by atoms with E-state index in [0.717, 1.165) is 25.9 Å². The number of nitrogens with zero attached hydrogens (tertiary/aromatic N) is 2. The zero-order valence-electron chi connectivity index (χ0n) is 11.3. The summed E-state index contributed by atoms with van der Waals surface area (Å²) in [6.45, 7) is 1.74. The molecule has 1 aliphatic rings. The summed E-state index contributed by atoms with van der Waals surface area (Å²) in [5.41, 5.74) is 0.783. The number of pyridine rings is 1. The van der Waals surface area contributed by atoms with Gasteiger partial charge in [0.25, 0.3) is 0 Å². The number of primary sulfonamides is 1. The van der Waals surface area contributed by atoms with E-state index in [1.54, 1.807) is 12.3 Å². The van der Waals surface area contributed by atoms with Crippen molar-refractivity contribution in [3.8, 4) is 0 Å². The normalized spacial score (nSPS) is 17.5. The van der Waals surface area contributed by atoms with E-state index < -0.39 is 10.0 Å². The molecule has 1 aliphatic carbocycles. The van der Waals surface area contributed by atoms with E-state index in [1.165, 1.54) is 6.20 Å². The van der Waals surface area contributed by atoms with Crippen molar-refractivity contribution in [3.05, 3.63) is 18.5 Å². The fraction of sp³-hybridized carbons (Fsp3) is 0.583. The zero-order valence-corrected chi connectivity index (χ0v) is 12.1. The van der Waals surface area contributed by atoms with E-state index in [2.05, 4.69) is 15.2 Å². The number of anilines is 1. The highest BCUT2D eigenvalue weighted by molar-refractivity contribution is 7.89. The van der Waals surface area contributed by atoms with Gasteiger partial charge < -0.3 is 10.2 Å². The van der Waals surface area contributed by atoms with Crippen LogP contribution in [0.15, 0.2) is 23.4 Å². The van der Waals surface area contributed by atoms with Crippen molar-refractivity contribution < 1.29 is 8.42 Å². The lowest BCUT2D eigenvalue weighted by Crippen LogP contribution is -2.29. The number of sulfonamides is 1. The molecule has 1 fully saturated rings. The number of rotatable bonds is 6. The van der Waals surface area contributed by atoms with Gasteiger partial charge in [-0.05, 0) is 33.0 Å². The minimum absolute atomic E-state index is 0.0515. The van der Waals surface area contributed by atoms with Gasteiger partial charge in [0.05, 0.1) is 5.69 Å². The predicted molar refractivity (Wildman–Crippen MR) is 74.3 cm³/mol. The average molecular weight is 284 g/mol. The van der Waals surface area contributed by atoms with Gasteiger partial charge in [-0.3, -0.25) is 4.98 Å². The van der Waals surface area contributed by atoms with Crippen LogP contribution in [0.4, 0.5) is 5.69 Å². The summed E-state index contributed by atoms with van der Waals surface area (Å²) in [5.74, 6) is 0. The Labute approximate surface area is 114 Å². The molecule has 1 aromatic heterocycles. The molecule has 0 saturated heterocycles. The molecular formula is C12H20N4O2S. The van der Waals surface area contributed by atoms with Crippen molar-refractivity contribution >= 4 is 15.7 Å². The summed E-state index contributed by atoms with van der Waals surface area (Å²) >= 11 is 0. The van der Waals surface area contributed by atoms with E-state index in [9.17, 15) is 8.42 Å². The molecular weight excluding hydrogens is 264 g/mol. The number of hydrogen-bond acceptors (Lipinski definition) is 5. The van der Waals surface area contributed by atoms with Gasteiger partial charge in [0.1, 0.15) is 4.90 Å². The summed E-state index contributed by atoms with van der Waals surface area (Å²) in [6, 6.07) is 1.64. The minimum atomic E-state index is -3.74. The van der Waals surface area contributed by atoms with E-state index in [4.69, 9.17) is 5.14 Å². The third kappa shape index (κ3) is 3.65. The SMILES string of the molecule is CN(C)CC1(CNc2ccncc2S(N)(=O)=O)CC1. The van der Waals surface area contributed by atoms with Crippen LogP contribution < -0.4 is 10.5 Å². The van der Waals surface area contributed by atoms with E-state index in [0.29, 0.717) is 5.69 Å². The second kappa shape index (κ2) is 5.07. The Balaban J connectivity index is 2.09. The Morgan fingerprint density at radius 2 is 2.16 bits per heavy atom. The first-order valence-electron chi connectivity index (χ1n) is 6.18. The molecule has 2 rings (SSSR count). The molecule has 106 valence electrons. The maximum atomic E-state index is 11.5. The van der Waals surface area contributed by atoms with Gasteiger partial charge in [-0.25, -0.2) is 13.6 Å². The van der Waals surface area contributed by atoms with Crippen LogP contribution in [0.5, 0.6) is 0 Å². The maximum Gasteiger partial charge on any atom is 0.241 e. The molecule has 6 nitrogen and oxygen atoms in total. The molecule has 0 spiro atoms. The van der Waals surface area contributed by atoms with Crippen LogP contribution in [-0.4, -0.2) is 45.5 Å². The summed E-state index contributed by atoms with van der Waals surface area (Å²) in [7, 11) is 0.349. The predicted octanol–water partition coefficient (Wildman–Crippen LogP) is 0.483. The standard InChI is InChI=1S/C12H20N4O2S/c1-16(2)9-12(4-5-12)8-15-10-3-6-14-7-11(10)19(13,17)18/h3,6-7H,4-5,8-9H2,1-2H3,(H,14,15)(H2,13,17,18). The van der Waals surface area contributed by atoms with Gasteiger partial charge in [0, 0.05) is 30.9 Å². The summed E-state index contributed by atoms with van der Waals surface area (Å²) < 4.78 is 22.9. The van der Waals surface area contributed by atoms with Crippen LogP contribution in [0.25, 0.3) is 0 Å². The van der Waals surface area contributed by atoms with E-state index in [-0.39, 0.29) is 10.3 Å². The van der Waals surface area contributed by atoms with E-state index >= 15 is 0 Å². The number of nitrogens with one attached hydrogen (secondary N) is 1. The minimum Gasteiger partial charge on any atom is -0.383 e. The lowest BCUT2D eigenvalue weighted by Gasteiger charge is -2.21. The number of hydrogen-bond donors (Lipinski definition) is 2. The highest BCUT2D eigenvalue weighted by atomic mass is 32.2. The van der Waals surface area contributed by atoms with Gasteiger partial charge in [0.15, 0.2) is 0 Å². The third-order valence-electron chi connectivity index (χ3n) is 3.35. The molecule has 1 saturated carbocycles. The van der Waals surface area contributed by atoms with Crippen molar-refractivity contribution in [1.29, 1.82) is 0 Å². The molecule has 7 heteroatoms. The van der Waals surface area contributed by atoms with Crippen LogP contribution in [0.2, 0.25) is 0 Å². The van der Waals surface area contributed by atoms with Gasteiger partial charge in [-0.2, -0.15) is 0 Å². The van der Waals surface area contributed by atoms with Gasteiger partial charge in [0.2, 0.25) is 10.0 Å². The molecule has 0 aromatic carbocycles. The van der Waals surface area contributed by atoms with Crippen molar-refractivity contribution in [2.24, 2.45) is 10.6 Å². The van der Waals surface area contributed by atoms with Crippen LogP contribution in [0, 0.1) is 5.41 Å². The molecule has 1 heterocycles. The highest BCUT2D eigenvalue weighted by Crippen LogP contribution is 2.46. The average Bonchev–Trinajstić information content (AvgIpc) is 3.05. The van der Waals surface area contributed by atoms with Crippen molar-refractivity contribution in [3.63, 3.8) is 0 Å². The summed E-state index contributed by atoms with van der Waals surface area (Å²) in [6.07, 6.45) is 5.16. The van der Waals surface area contributed by atoms with E-state index in [1.807, 2.05) is 14.1 Å². The molecule has 1 aromatic rings. The Morgan fingerprint density at radius 1 is 1.47 bits per heavy atom. The maximum absolute atomic E-state index is 11.5. The van der Waals surface area contributed by atoms with Crippen molar-refractivity contribution in [1.82, 2.24) is 9.88 Å². The lowest BCUT2D eigenvalue weighted by atomic mass is 10.1. The van der Waals surface area contributed by atoms with Gasteiger partial charge in [-0.15, -0.1) is 0 Å². The molecule has 0 atom stereocenters. The molecule has 3 N–H and O–H groups in total. The second-order valence-electron chi connectivity index (χ2n) is 5.51. The van der Waals surface area contributed by atoms with Crippen LogP contribution in [0.1, 0.15) is 12.8 Å². The quantitative estimate of drug-likeness (QED) is 0.793. The van der Waals surface area contributed by atoms with Gasteiger partial charge in [-0.1, -0.05) is 0 Å². The first-order valence-corrected chi connectivity index (χ1v) is 7.72. The summed E-state index contributed by atoms with van der Waals surface area (Å²) in [4.78, 5) is 6.02. The van der Waals surface area contributed by atoms with Crippen LogP contribution in [0.3, 0.4) is 0 Å². The first-order chi connectivity index (χ1) is 8.82. The number of aromatic nitrogens is 1. The molecule has 0 unspecified atom stereocenters. The number of nitrogens with two attached hydrogens (primary N) is 1. The largest absolute Gasteiger partial charge is 0.383 e. The monoisotopic (exact) mass is 284 g/mol. The summed E-state index contributed by atoms with van der Waals surface area (Å²) in [5, 5.41) is 8.38. The second-order valence-corrected chi connectivity index (χ2v) is 7.04.